The third kappa shape index (κ3) is 2.39. The van der Waals surface area contributed by atoms with Crippen LogP contribution in [0.5, 0.6) is 5.75 Å². The number of esters is 1. The largest absolute Gasteiger partial charge is 0.507 e. The number of carbonyl (C=O) groups excluding carboxylic acids is 1. The lowest BCUT2D eigenvalue weighted by molar-refractivity contribution is 0.0526. The van der Waals surface area contributed by atoms with E-state index in [2.05, 4.69) is 12.6 Å². The lowest BCUT2D eigenvalue weighted by Gasteiger charge is -2.02. The van der Waals surface area contributed by atoms with Crippen LogP contribution >= 0.6 is 12.6 Å². The summed E-state index contributed by atoms with van der Waals surface area (Å²) in [7, 11) is 0. The summed E-state index contributed by atoms with van der Waals surface area (Å²) in [6, 6.07) is 4.37. The van der Waals surface area contributed by atoms with Crippen molar-refractivity contribution in [1.82, 2.24) is 0 Å². The van der Waals surface area contributed by atoms with Crippen LogP contribution in [-0.4, -0.2) is 17.7 Å². The second-order valence-electron chi connectivity index (χ2n) is 2.42. The number of phenols is 1. The third-order valence-corrected chi connectivity index (χ3v) is 1.84. The van der Waals surface area contributed by atoms with E-state index in [0.717, 1.165) is 0 Å². The first-order valence-corrected chi connectivity index (χ1v) is 4.29. The Balaban J connectivity index is 2.90. The normalized spacial score (nSPS) is 9.69. The Hall–Kier alpha value is -1.16. The van der Waals surface area contributed by atoms with Gasteiger partial charge in [0.25, 0.3) is 0 Å². The zero-order valence-electron chi connectivity index (χ0n) is 7.15. The van der Waals surface area contributed by atoms with Crippen LogP contribution in [0.25, 0.3) is 0 Å². The summed E-state index contributed by atoms with van der Waals surface area (Å²) >= 11 is 3.97. The molecule has 0 aromatic heterocycles. The molecule has 0 radical (unpaired) electrons. The van der Waals surface area contributed by atoms with Gasteiger partial charge >= 0.3 is 5.97 Å². The lowest BCUT2D eigenvalue weighted by Crippen LogP contribution is -2.04. The fourth-order valence-corrected chi connectivity index (χ4v) is 1.08. The highest BCUT2D eigenvalue weighted by Gasteiger charge is 2.07. The molecule has 1 N–H and O–H groups in total. The van der Waals surface area contributed by atoms with Gasteiger partial charge in [-0.1, -0.05) is 0 Å². The predicted molar refractivity (Wildman–Crippen MR) is 51.3 cm³/mol. The molecular formula is C9H10O3S. The highest BCUT2D eigenvalue weighted by Crippen LogP contribution is 2.22. The Kier molecular flexibility index (Phi) is 3.19. The van der Waals surface area contributed by atoms with Gasteiger partial charge < -0.3 is 9.84 Å². The van der Waals surface area contributed by atoms with Gasteiger partial charge in [-0.2, -0.15) is 0 Å². The van der Waals surface area contributed by atoms with Gasteiger partial charge in [0, 0.05) is 4.90 Å². The van der Waals surface area contributed by atoms with Gasteiger partial charge in [0.2, 0.25) is 0 Å². The first-order chi connectivity index (χ1) is 6.15. The molecule has 70 valence electrons. The molecule has 0 saturated carbocycles. The van der Waals surface area contributed by atoms with Crippen molar-refractivity contribution < 1.29 is 14.6 Å². The van der Waals surface area contributed by atoms with E-state index in [1.807, 2.05) is 0 Å². The minimum absolute atomic E-state index is 0.0522. The molecule has 0 fully saturated rings. The van der Waals surface area contributed by atoms with Gasteiger partial charge in [-0.15, -0.1) is 12.6 Å². The molecule has 1 aromatic rings. The molecule has 1 aromatic carbocycles. The van der Waals surface area contributed by atoms with Crippen LogP contribution in [0, 0.1) is 0 Å². The predicted octanol–water partition coefficient (Wildman–Crippen LogP) is 1.86. The molecule has 0 unspecified atom stereocenters. The molecule has 0 saturated heterocycles. The maximum Gasteiger partial charge on any atom is 0.338 e. The number of carbonyl (C=O) groups is 1. The second kappa shape index (κ2) is 4.18. The van der Waals surface area contributed by atoms with E-state index in [-0.39, 0.29) is 5.75 Å². The minimum atomic E-state index is -0.405. The summed E-state index contributed by atoms with van der Waals surface area (Å²) < 4.78 is 4.77. The third-order valence-electron chi connectivity index (χ3n) is 1.49. The van der Waals surface area contributed by atoms with Crippen LogP contribution in [0.4, 0.5) is 0 Å². The van der Waals surface area contributed by atoms with E-state index < -0.39 is 5.97 Å². The van der Waals surface area contributed by atoms with E-state index in [1.54, 1.807) is 6.92 Å². The maximum absolute atomic E-state index is 11.2. The lowest BCUT2D eigenvalue weighted by atomic mass is 10.2. The van der Waals surface area contributed by atoms with Crippen molar-refractivity contribution in [2.75, 3.05) is 6.61 Å². The molecule has 13 heavy (non-hydrogen) atoms. The molecule has 0 aliphatic rings. The molecule has 0 aliphatic heterocycles. The number of ether oxygens (including phenoxy) is 1. The first kappa shape index (κ1) is 9.92. The molecule has 0 aliphatic carbocycles. The number of benzene rings is 1. The Morgan fingerprint density at radius 3 is 2.85 bits per heavy atom. The topological polar surface area (TPSA) is 46.5 Å². The van der Waals surface area contributed by atoms with Crippen LogP contribution in [-0.2, 0) is 4.74 Å². The van der Waals surface area contributed by atoms with Crippen molar-refractivity contribution in [1.29, 1.82) is 0 Å². The van der Waals surface area contributed by atoms with E-state index in [4.69, 9.17) is 9.84 Å². The fraction of sp³-hybridized carbons (Fsp3) is 0.222. The van der Waals surface area contributed by atoms with Gasteiger partial charge in [-0.25, -0.2) is 4.79 Å². The van der Waals surface area contributed by atoms with Crippen LogP contribution < -0.4 is 0 Å². The molecule has 0 bridgehead atoms. The Morgan fingerprint density at radius 2 is 2.31 bits per heavy atom. The molecular weight excluding hydrogens is 188 g/mol. The Bertz CT molecular complexity index is 323. The number of rotatable bonds is 2. The molecule has 0 spiro atoms. The molecule has 0 amide bonds. The summed E-state index contributed by atoms with van der Waals surface area (Å²) in [6.45, 7) is 2.07. The van der Waals surface area contributed by atoms with Gasteiger partial charge in [0.1, 0.15) is 5.75 Å². The fourth-order valence-electron chi connectivity index (χ4n) is 0.865. The second-order valence-corrected chi connectivity index (χ2v) is 2.91. The highest BCUT2D eigenvalue weighted by molar-refractivity contribution is 7.80. The molecule has 0 heterocycles. The van der Waals surface area contributed by atoms with Gasteiger partial charge in [0.05, 0.1) is 12.2 Å². The quantitative estimate of drug-likeness (QED) is 0.563. The van der Waals surface area contributed by atoms with Crippen molar-refractivity contribution in [3.63, 3.8) is 0 Å². The van der Waals surface area contributed by atoms with Crippen molar-refractivity contribution in [2.24, 2.45) is 0 Å². The van der Waals surface area contributed by atoms with E-state index in [1.165, 1.54) is 18.2 Å². The van der Waals surface area contributed by atoms with Crippen LogP contribution in [0.3, 0.4) is 0 Å². The standard InChI is InChI=1S/C9H10O3S/c1-2-12-9(11)6-3-4-7(10)8(13)5-6/h3-5,10,13H,2H2,1H3. The summed E-state index contributed by atoms with van der Waals surface area (Å²) in [5, 5.41) is 9.13. The first-order valence-electron chi connectivity index (χ1n) is 3.84. The average molecular weight is 198 g/mol. The number of hydrogen-bond acceptors (Lipinski definition) is 4. The molecule has 0 atom stereocenters. The number of phenolic OH excluding ortho intramolecular Hbond substituents is 1. The van der Waals surface area contributed by atoms with Crippen molar-refractivity contribution in [2.45, 2.75) is 11.8 Å². The zero-order valence-corrected chi connectivity index (χ0v) is 8.04. The monoisotopic (exact) mass is 198 g/mol. The smallest absolute Gasteiger partial charge is 0.338 e. The van der Waals surface area contributed by atoms with E-state index >= 15 is 0 Å². The van der Waals surface area contributed by atoms with Gasteiger partial charge in [-0.05, 0) is 25.1 Å². The van der Waals surface area contributed by atoms with Gasteiger partial charge in [0.15, 0.2) is 0 Å². The molecule has 1 rings (SSSR count). The summed E-state index contributed by atoms with van der Waals surface area (Å²) in [6.07, 6.45) is 0. The Labute approximate surface area is 81.8 Å². The Morgan fingerprint density at radius 1 is 1.62 bits per heavy atom. The summed E-state index contributed by atoms with van der Waals surface area (Å²) in [4.78, 5) is 11.5. The number of thiol groups is 1. The van der Waals surface area contributed by atoms with E-state index in [0.29, 0.717) is 17.1 Å². The highest BCUT2D eigenvalue weighted by atomic mass is 32.1. The minimum Gasteiger partial charge on any atom is -0.507 e. The number of hydrogen-bond donors (Lipinski definition) is 2. The van der Waals surface area contributed by atoms with Crippen LogP contribution in [0.15, 0.2) is 23.1 Å². The van der Waals surface area contributed by atoms with Gasteiger partial charge in [-0.3, -0.25) is 0 Å². The SMILES string of the molecule is CCOC(=O)c1ccc(O)c(S)c1. The van der Waals surface area contributed by atoms with Crippen LogP contribution in [0.1, 0.15) is 17.3 Å². The summed E-state index contributed by atoms with van der Waals surface area (Å²) in [5.41, 5.74) is 0.393. The van der Waals surface area contributed by atoms with E-state index in [9.17, 15) is 4.79 Å². The average Bonchev–Trinajstić information content (AvgIpc) is 2.10. The molecule has 3 nitrogen and oxygen atoms in total. The summed E-state index contributed by atoms with van der Waals surface area (Å²) in [5.74, 6) is -0.353. The zero-order chi connectivity index (χ0) is 9.84. The molecule has 4 heteroatoms. The van der Waals surface area contributed by atoms with Crippen molar-refractivity contribution in [3.05, 3.63) is 23.8 Å². The maximum atomic E-state index is 11.2. The van der Waals surface area contributed by atoms with Crippen molar-refractivity contribution in [3.8, 4) is 5.75 Å². The van der Waals surface area contributed by atoms with Crippen LogP contribution in [0.2, 0.25) is 0 Å². The number of aromatic hydroxyl groups is 1. The van der Waals surface area contributed by atoms with Crippen molar-refractivity contribution >= 4 is 18.6 Å².